The van der Waals surface area contributed by atoms with Gasteiger partial charge in [0.25, 0.3) is 0 Å². The summed E-state index contributed by atoms with van der Waals surface area (Å²) < 4.78 is 0. The quantitative estimate of drug-likeness (QED) is 0.330. The van der Waals surface area contributed by atoms with Gasteiger partial charge in [-0.3, -0.25) is 0 Å². The minimum absolute atomic E-state index is 0. The van der Waals surface area contributed by atoms with Crippen LogP contribution in [0.3, 0.4) is 0 Å². The van der Waals surface area contributed by atoms with Crippen molar-refractivity contribution in [3.63, 3.8) is 0 Å². The molecule has 0 bridgehead atoms. The Balaban J connectivity index is -0.00000000653. The van der Waals surface area contributed by atoms with Gasteiger partial charge in [-0.05, 0) is 27.7 Å². The molecule has 0 aliphatic rings. The maximum Gasteiger partial charge on any atom is 0.0711 e. The van der Waals surface area contributed by atoms with Gasteiger partial charge in [0.1, 0.15) is 0 Å². The van der Waals surface area contributed by atoms with E-state index in [2.05, 4.69) is 22.9 Å². The van der Waals surface area contributed by atoms with Crippen molar-refractivity contribution < 1.29 is 66.6 Å². The monoisotopic (exact) mass is 300 g/mol. The summed E-state index contributed by atoms with van der Waals surface area (Å²) in [5.74, 6) is 0. The van der Waals surface area contributed by atoms with Crippen LogP contribution in [-0.4, -0.2) is 48.1 Å². The van der Waals surface area contributed by atoms with E-state index in [0.717, 1.165) is 26.2 Å². The fraction of sp³-hybridized carbons (Fsp3) is 1.00. The van der Waals surface area contributed by atoms with Crippen LogP contribution in [0, 0.1) is 0 Å². The fourth-order valence-electron chi connectivity index (χ4n) is 0. The number of hydrogen-bond acceptors (Lipinski definition) is 4. The Hall–Kier alpha value is 0.394. The molecule has 17 heavy (non-hydrogen) atoms. The molecule has 0 atom stereocenters. The van der Waals surface area contributed by atoms with E-state index in [1.54, 1.807) is 0 Å². The van der Waals surface area contributed by atoms with Gasteiger partial charge >= 0.3 is 0 Å². The van der Waals surface area contributed by atoms with Gasteiger partial charge in [0, 0.05) is 21.7 Å². The Labute approximate surface area is 121 Å². The predicted octanol–water partition coefficient (Wildman–Crippen LogP) is -3.72. The minimum atomic E-state index is 0. The van der Waals surface area contributed by atoms with Crippen LogP contribution in [0.15, 0.2) is 0 Å². The zero-order valence-corrected chi connectivity index (χ0v) is 13.5. The molecule has 0 aromatic rings. The largest absolute Gasteiger partial charge is 0.870 e. The molecule has 9 heteroatoms. The van der Waals surface area contributed by atoms with Crippen molar-refractivity contribution in [3.8, 4) is 0 Å². The second kappa shape index (κ2) is 201. The first-order chi connectivity index (χ1) is 5.66. The van der Waals surface area contributed by atoms with E-state index in [1.165, 1.54) is 0 Å². The molecule has 0 saturated heterocycles. The third-order valence-electron chi connectivity index (χ3n) is 0. The van der Waals surface area contributed by atoms with E-state index < -0.39 is 0 Å². The summed E-state index contributed by atoms with van der Waals surface area (Å²) in [6.07, 6.45) is 0. The second-order valence-electron chi connectivity index (χ2n) is 2.00. The molecule has 16 N–H and O–H groups in total. The van der Waals surface area contributed by atoms with Gasteiger partial charge in [-0.25, -0.2) is 0 Å². The first-order valence-electron chi connectivity index (χ1n) is 4.83. The van der Waals surface area contributed by atoms with E-state index in [9.17, 15) is 0 Å². The van der Waals surface area contributed by atoms with Crippen LogP contribution < -0.4 is 22.9 Å². The van der Waals surface area contributed by atoms with E-state index in [1.807, 2.05) is 27.7 Å². The number of rotatable bonds is 0. The SMILES string of the molecule is CC[NH3+].CC[NH3+].CC[NH3+].CC[NH3+].[OH-].[OH-].[OH-].[OH-].[Ti]. The summed E-state index contributed by atoms with van der Waals surface area (Å²) in [6, 6.07) is 0. The topological polar surface area (TPSA) is 231 Å². The zero-order chi connectivity index (χ0) is 10.8. The van der Waals surface area contributed by atoms with Crippen molar-refractivity contribution in [3.05, 3.63) is 0 Å². The summed E-state index contributed by atoms with van der Waals surface area (Å²) in [4.78, 5) is 0. The van der Waals surface area contributed by atoms with Crippen LogP contribution in [0.25, 0.3) is 0 Å². The van der Waals surface area contributed by atoms with Gasteiger partial charge in [0.2, 0.25) is 0 Å². The van der Waals surface area contributed by atoms with E-state index in [0.29, 0.717) is 0 Å². The molecule has 0 unspecified atom stereocenters. The van der Waals surface area contributed by atoms with Crippen molar-refractivity contribution in [2.45, 2.75) is 27.7 Å². The van der Waals surface area contributed by atoms with Crippen LogP contribution in [-0.2, 0) is 21.7 Å². The van der Waals surface area contributed by atoms with Crippen LogP contribution in [0.2, 0.25) is 0 Å². The maximum atomic E-state index is 3.49. The Morgan fingerprint density at radius 3 is 0.471 bits per heavy atom. The fourth-order valence-corrected chi connectivity index (χ4v) is 0. The van der Waals surface area contributed by atoms with Gasteiger partial charge < -0.3 is 44.8 Å². The molecule has 0 aromatic carbocycles. The Morgan fingerprint density at radius 1 is 0.471 bits per heavy atom. The molecule has 0 rings (SSSR count). The van der Waals surface area contributed by atoms with Crippen LogP contribution >= 0.6 is 0 Å². The Bertz CT molecular complexity index is 37.5. The first-order valence-corrected chi connectivity index (χ1v) is 4.83. The normalized spacial score (nSPS) is 4.24. The van der Waals surface area contributed by atoms with Crippen molar-refractivity contribution in [2.75, 3.05) is 26.2 Å². The van der Waals surface area contributed by atoms with Crippen LogP contribution in [0.1, 0.15) is 27.7 Å². The van der Waals surface area contributed by atoms with Crippen molar-refractivity contribution in [2.24, 2.45) is 0 Å². The molecule has 0 aromatic heterocycles. The average Bonchev–Trinajstić information content (AvgIpc) is 1.92. The molecular weight excluding hydrogens is 264 g/mol. The summed E-state index contributed by atoms with van der Waals surface area (Å²) in [5, 5.41) is 0. The third-order valence-corrected chi connectivity index (χ3v) is 0. The summed E-state index contributed by atoms with van der Waals surface area (Å²) in [6.45, 7) is 12.1. The molecule has 0 aliphatic carbocycles. The predicted molar refractivity (Wildman–Crippen MR) is 61.5 cm³/mol. The van der Waals surface area contributed by atoms with E-state index in [-0.39, 0.29) is 43.6 Å². The van der Waals surface area contributed by atoms with Gasteiger partial charge in [0.05, 0.1) is 26.2 Å². The maximum absolute atomic E-state index is 3.49. The summed E-state index contributed by atoms with van der Waals surface area (Å²) in [7, 11) is 0. The molecule has 0 saturated carbocycles. The van der Waals surface area contributed by atoms with Crippen molar-refractivity contribution >= 4 is 0 Å². The molecule has 0 radical (unpaired) electrons. The minimum Gasteiger partial charge on any atom is -0.870 e. The molecule has 0 aliphatic heterocycles. The third kappa shape index (κ3) is 21800. The van der Waals surface area contributed by atoms with E-state index in [4.69, 9.17) is 0 Å². The smallest absolute Gasteiger partial charge is 0.0711 e. The zero-order valence-electron chi connectivity index (χ0n) is 11.9. The van der Waals surface area contributed by atoms with Crippen molar-refractivity contribution in [1.82, 2.24) is 0 Å². The molecule has 0 spiro atoms. The standard InChI is InChI=1S/4C2H7N.4H2O.Ti/c4*1-2-3;;;;;/h4*2-3H2,1H3;4*1H2;. The van der Waals surface area contributed by atoms with Gasteiger partial charge in [-0.15, -0.1) is 0 Å². The van der Waals surface area contributed by atoms with Crippen LogP contribution in [0.5, 0.6) is 0 Å². The van der Waals surface area contributed by atoms with E-state index >= 15 is 0 Å². The molecule has 0 amide bonds. The summed E-state index contributed by atoms with van der Waals surface area (Å²) >= 11 is 0. The molecule has 116 valence electrons. The Kier molecular flexibility index (Phi) is 785. The van der Waals surface area contributed by atoms with Gasteiger partial charge in [-0.2, -0.15) is 0 Å². The molecule has 8 nitrogen and oxygen atoms in total. The van der Waals surface area contributed by atoms with Crippen molar-refractivity contribution in [1.29, 1.82) is 0 Å². The van der Waals surface area contributed by atoms with Gasteiger partial charge in [-0.1, -0.05) is 0 Å². The van der Waals surface area contributed by atoms with Crippen LogP contribution in [0.4, 0.5) is 0 Å². The Morgan fingerprint density at radius 2 is 0.471 bits per heavy atom. The molecule has 0 fully saturated rings. The molecule has 0 heterocycles. The molecular formula is C8H36N4O4Ti. The first kappa shape index (κ1) is 66.3. The van der Waals surface area contributed by atoms with Gasteiger partial charge in [0.15, 0.2) is 0 Å². The summed E-state index contributed by atoms with van der Waals surface area (Å²) in [5.41, 5.74) is 13.9. The second-order valence-corrected chi connectivity index (χ2v) is 2.00. The number of hydrogen-bond donors (Lipinski definition) is 4. The number of quaternary nitrogens is 4. The average molecular weight is 300 g/mol.